The van der Waals surface area contributed by atoms with Crippen molar-refractivity contribution in [2.75, 3.05) is 6.61 Å². The van der Waals surface area contributed by atoms with Crippen molar-refractivity contribution >= 4 is 0 Å². The second-order valence-electron chi connectivity index (χ2n) is 6.05. The highest BCUT2D eigenvalue weighted by Crippen LogP contribution is 2.34. The Morgan fingerprint density at radius 2 is 1.83 bits per heavy atom. The first-order valence-electron chi connectivity index (χ1n) is 6.64. The minimum absolute atomic E-state index is 0.0917. The molecule has 0 aliphatic carbocycles. The van der Waals surface area contributed by atoms with E-state index in [2.05, 4.69) is 39.0 Å². The van der Waals surface area contributed by atoms with Gasteiger partial charge in [-0.2, -0.15) is 0 Å². The number of aryl methyl sites for hydroxylation is 2. The van der Waals surface area contributed by atoms with Gasteiger partial charge < -0.3 is 9.84 Å². The highest BCUT2D eigenvalue weighted by atomic mass is 16.5. The molecule has 18 heavy (non-hydrogen) atoms. The normalized spacial score (nSPS) is 15.5. The number of rotatable bonds is 4. The fourth-order valence-electron chi connectivity index (χ4n) is 2.24. The predicted molar refractivity (Wildman–Crippen MR) is 75.7 cm³/mol. The van der Waals surface area contributed by atoms with Gasteiger partial charge in [-0.1, -0.05) is 44.5 Å². The van der Waals surface area contributed by atoms with E-state index in [1.807, 2.05) is 20.8 Å². The van der Waals surface area contributed by atoms with E-state index in [4.69, 9.17) is 4.74 Å². The molecule has 102 valence electrons. The topological polar surface area (TPSA) is 29.5 Å². The van der Waals surface area contributed by atoms with Crippen molar-refractivity contribution in [1.82, 2.24) is 0 Å². The van der Waals surface area contributed by atoms with Gasteiger partial charge in [0, 0.05) is 6.61 Å². The maximum absolute atomic E-state index is 10.6. The molecular formula is C16H26O2. The summed E-state index contributed by atoms with van der Waals surface area (Å²) < 4.78 is 5.77. The summed E-state index contributed by atoms with van der Waals surface area (Å²) in [7, 11) is 0. The van der Waals surface area contributed by atoms with Gasteiger partial charge in [-0.25, -0.2) is 0 Å². The zero-order valence-corrected chi connectivity index (χ0v) is 12.4. The van der Waals surface area contributed by atoms with Crippen molar-refractivity contribution in [2.45, 2.75) is 53.8 Å². The van der Waals surface area contributed by atoms with Crippen LogP contribution >= 0.6 is 0 Å². The van der Waals surface area contributed by atoms with Crippen LogP contribution in [0.3, 0.4) is 0 Å². The van der Waals surface area contributed by atoms with Gasteiger partial charge in [-0.15, -0.1) is 0 Å². The van der Waals surface area contributed by atoms with Crippen LogP contribution < -0.4 is 0 Å². The summed E-state index contributed by atoms with van der Waals surface area (Å²) in [5.41, 5.74) is 3.16. The Kier molecular flexibility index (Phi) is 4.94. The lowest BCUT2D eigenvalue weighted by atomic mass is 9.82. The molecule has 2 atom stereocenters. The van der Waals surface area contributed by atoms with Gasteiger partial charge in [0.25, 0.3) is 0 Å². The maximum atomic E-state index is 10.6. The van der Waals surface area contributed by atoms with Gasteiger partial charge in [0.05, 0.1) is 6.10 Å². The molecule has 1 rings (SSSR count). The summed E-state index contributed by atoms with van der Waals surface area (Å²) in [4.78, 5) is 0. The number of hydrogen-bond donors (Lipinski definition) is 1. The molecule has 0 bridgehead atoms. The molecule has 2 heteroatoms. The van der Waals surface area contributed by atoms with E-state index >= 15 is 0 Å². The second kappa shape index (κ2) is 5.85. The van der Waals surface area contributed by atoms with Crippen molar-refractivity contribution in [2.24, 2.45) is 5.41 Å². The third-order valence-corrected chi connectivity index (χ3v) is 3.24. The fourth-order valence-corrected chi connectivity index (χ4v) is 2.24. The molecule has 2 unspecified atom stereocenters. The van der Waals surface area contributed by atoms with Crippen LogP contribution in [0.15, 0.2) is 18.2 Å². The molecule has 0 heterocycles. The number of ether oxygens (including phenoxy) is 1. The molecule has 1 aromatic rings. The molecule has 0 radical (unpaired) electrons. The van der Waals surface area contributed by atoms with Gasteiger partial charge in [0.2, 0.25) is 0 Å². The molecule has 0 saturated carbocycles. The molecule has 0 aromatic heterocycles. The van der Waals surface area contributed by atoms with Crippen LogP contribution in [0.2, 0.25) is 0 Å². The standard InChI is InChI=1S/C16H26O2/c1-7-18-15(16(4,5)6)14(17)13-10-11(2)8-9-12(13)3/h8-10,14-15,17H,7H2,1-6H3. The molecular weight excluding hydrogens is 224 g/mol. The van der Waals surface area contributed by atoms with E-state index in [0.29, 0.717) is 6.61 Å². The van der Waals surface area contributed by atoms with E-state index < -0.39 is 6.10 Å². The highest BCUT2D eigenvalue weighted by molar-refractivity contribution is 5.33. The summed E-state index contributed by atoms with van der Waals surface area (Å²) >= 11 is 0. The van der Waals surface area contributed by atoms with Crippen LogP contribution in [0.4, 0.5) is 0 Å². The van der Waals surface area contributed by atoms with Crippen molar-refractivity contribution < 1.29 is 9.84 Å². The first kappa shape index (κ1) is 15.2. The second-order valence-corrected chi connectivity index (χ2v) is 6.05. The molecule has 1 aromatic carbocycles. The van der Waals surface area contributed by atoms with Crippen LogP contribution in [0.5, 0.6) is 0 Å². The van der Waals surface area contributed by atoms with Crippen LogP contribution in [-0.2, 0) is 4.74 Å². The summed E-state index contributed by atoms with van der Waals surface area (Å²) in [6, 6.07) is 6.18. The quantitative estimate of drug-likeness (QED) is 0.881. The highest BCUT2D eigenvalue weighted by Gasteiger charge is 2.33. The van der Waals surface area contributed by atoms with E-state index in [-0.39, 0.29) is 11.5 Å². The summed E-state index contributed by atoms with van der Waals surface area (Å²) in [6.07, 6.45) is -0.771. The lowest BCUT2D eigenvalue weighted by molar-refractivity contribution is -0.0900. The average molecular weight is 250 g/mol. The zero-order chi connectivity index (χ0) is 13.9. The van der Waals surface area contributed by atoms with Crippen LogP contribution in [-0.4, -0.2) is 17.8 Å². The minimum atomic E-state index is -0.579. The van der Waals surface area contributed by atoms with E-state index in [1.165, 1.54) is 5.56 Å². The molecule has 0 saturated heterocycles. The first-order chi connectivity index (χ1) is 8.27. The predicted octanol–water partition coefficient (Wildman–Crippen LogP) is 3.79. The van der Waals surface area contributed by atoms with E-state index in [9.17, 15) is 5.11 Å². The third-order valence-electron chi connectivity index (χ3n) is 3.24. The molecule has 0 aliphatic rings. The number of aliphatic hydroxyl groups is 1. The Morgan fingerprint density at radius 3 is 2.33 bits per heavy atom. The van der Waals surface area contributed by atoms with Gasteiger partial charge in [0.1, 0.15) is 6.10 Å². The summed E-state index contributed by atoms with van der Waals surface area (Å²) in [5.74, 6) is 0. The smallest absolute Gasteiger partial charge is 0.106 e. The van der Waals surface area contributed by atoms with Gasteiger partial charge in [-0.3, -0.25) is 0 Å². The Bertz CT molecular complexity index is 391. The van der Waals surface area contributed by atoms with Crippen LogP contribution in [0, 0.1) is 19.3 Å². The molecule has 0 fully saturated rings. The first-order valence-corrected chi connectivity index (χ1v) is 6.64. The van der Waals surface area contributed by atoms with E-state index in [1.54, 1.807) is 0 Å². The average Bonchev–Trinajstić information content (AvgIpc) is 2.27. The number of aliphatic hydroxyl groups excluding tert-OH is 1. The third kappa shape index (κ3) is 3.56. The fraction of sp³-hybridized carbons (Fsp3) is 0.625. The van der Waals surface area contributed by atoms with E-state index in [0.717, 1.165) is 11.1 Å². The Balaban J connectivity index is 3.09. The Morgan fingerprint density at radius 1 is 1.22 bits per heavy atom. The summed E-state index contributed by atoms with van der Waals surface area (Å²) in [5, 5.41) is 10.6. The van der Waals surface area contributed by atoms with Crippen molar-refractivity contribution in [3.8, 4) is 0 Å². The largest absolute Gasteiger partial charge is 0.386 e. The van der Waals surface area contributed by atoms with Gasteiger partial charge in [0.15, 0.2) is 0 Å². The van der Waals surface area contributed by atoms with Crippen LogP contribution in [0.1, 0.15) is 50.5 Å². The lowest BCUT2D eigenvalue weighted by Crippen LogP contribution is -2.35. The zero-order valence-electron chi connectivity index (χ0n) is 12.4. The van der Waals surface area contributed by atoms with Crippen molar-refractivity contribution in [3.63, 3.8) is 0 Å². The minimum Gasteiger partial charge on any atom is -0.386 e. The molecule has 2 nitrogen and oxygen atoms in total. The Labute approximate surface area is 111 Å². The van der Waals surface area contributed by atoms with Crippen LogP contribution in [0.25, 0.3) is 0 Å². The van der Waals surface area contributed by atoms with Crippen molar-refractivity contribution in [1.29, 1.82) is 0 Å². The summed E-state index contributed by atoms with van der Waals surface area (Å²) in [6.45, 7) is 13.0. The monoisotopic (exact) mass is 250 g/mol. The maximum Gasteiger partial charge on any atom is 0.106 e. The van der Waals surface area contributed by atoms with Crippen molar-refractivity contribution in [3.05, 3.63) is 34.9 Å². The molecule has 0 amide bonds. The number of hydrogen-bond acceptors (Lipinski definition) is 2. The Hall–Kier alpha value is -0.860. The van der Waals surface area contributed by atoms with Gasteiger partial charge in [-0.05, 0) is 37.3 Å². The number of benzene rings is 1. The SMILES string of the molecule is CCOC(C(O)c1cc(C)ccc1C)C(C)(C)C. The van der Waals surface area contributed by atoms with Gasteiger partial charge >= 0.3 is 0 Å². The molecule has 0 aliphatic heterocycles. The lowest BCUT2D eigenvalue weighted by Gasteiger charge is -2.35. The molecule has 1 N–H and O–H groups in total. The molecule has 0 spiro atoms.